The third kappa shape index (κ3) is 6.92. The summed E-state index contributed by atoms with van der Waals surface area (Å²) in [6, 6.07) is 18.1. The molecule has 0 unspecified atom stereocenters. The number of hydrogen-bond acceptors (Lipinski definition) is 4. The minimum absolute atomic E-state index is 0.104. The Morgan fingerprint density at radius 2 is 1.51 bits per heavy atom. The maximum Gasteiger partial charge on any atom is 0.416 e. The number of likely N-dealkylation sites (tertiary alicyclic amines) is 1. The zero-order valence-corrected chi connectivity index (χ0v) is 23.1. The first kappa shape index (κ1) is 27.9. The Morgan fingerprint density at radius 1 is 0.897 bits per heavy atom. The third-order valence-corrected chi connectivity index (χ3v) is 8.44. The van der Waals surface area contributed by atoms with Gasteiger partial charge in [-0.25, -0.2) is 9.37 Å². The highest BCUT2D eigenvalue weighted by Gasteiger charge is 2.34. The number of piperidine rings is 1. The molecule has 0 aliphatic carbocycles. The second-order valence-corrected chi connectivity index (χ2v) is 11.5. The minimum atomic E-state index is -4.58. The van der Waals surface area contributed by atoms with Crippen LogP contribution in [0.25, 0.3) is 21.7 Å². The SMILES string of the molecule is Fc1ccc(CN2CCC(CNc3nc(-c4ccc(Cl)cc4)c(-c4ccc(Cl)cc4)s3)CC2)c(C(F)(F)F)c1. The number of benzene rings is 3. The number of hydrogen-bond donors (Lipinski definition) is 1. The zero-order valence-electron chi connectivity index (χ0n) is 20.7. The number of nitrogens with one attached hydrogen (secondary N) is 1. The van der Waals surface area contributed by atoms with Gasteiger partial charge in [0.1, 0.15) is 5.82 Å². The van der Waals surface area contributed by atoms with Gasteiger partial charge in [0.25, 0.3) is 0 Å². The summed E-state index contributed by atoms with van der Waals surface area (Å²) in [6.07, 6.45) is -2.90. The molecule has 10 heteroatoms. The van der Waals surface area contributed by atoms with Crippen LogP contribution in [0, 0.1) is 11.7 Å². The Bertz CT molecular complexity index is 1350. The van der Waals surface area contributed by atoms with Gasteiger partial charge in [-0.05, 0) is 79.4 Å². The molecular formula is C29H25Cl2F4N3S. The Hall–Kier alpha value is -2.65. The summed E-state index contributed by atoms with van der Waals surface area (Å²) in [4.78, 5) is 7.91. The van der Waals surface area contributed by atoms with E-state index in [0.29, 0.717) is 41.7 Å². The van der Waals surface area contributed by atoms with Crippen molar-refractivity contribution in [1.29, 1.82) is 0 Å². The van der Waals surface area contributed by atoms with Gasteiger partial charge in [0.05, 0.1) is 16.1 Å². The van der Waals surface area contributed by atoms with Gasteiger partial charge in [-0.3, -0.25) is 4.90 Å². The molecule has 1 aromatic heterocycles. The van der Waals surface area contributed by atoms with Gasteiger partial charge >= 0.3 is 6.18 Å². The van der Waals surface area contributed by atoms with Crippen LogP contribution in [0.4, 0.5) is 22.7 Å². The summed E-state index contributed by atoms with van der Waals surface area (Å²) in [6.45, 7) is 2.21. The lowest BCUT2D eigenvalue weighted by Crippen LogP contribution is -2.35. The number of alkyl halides is 3. The first-order valence-corrected chi connectivity index (χ1v) is 14.1. The van der Waals surface area contributed by atoms with E-state index in [1.54, 1.807) is 11.3 Å². The summed E-state index contributed by atoms with van der Waals surface area (Å²) in [5.41, 5.74) is 2.04. The average molecular weight is 595 g/mol. The van der Waals surface area contributed by atoms with Crippen LogP contribution in [0.2, 0.25) is 10.0 Å². The number of thiazole rings is 1. The van der Waals surface area contributed by atoms with E-state index in [0.717, 1.165) is 45.7 Å². The maximum atomic E-state index is 13.4. The summed E-state index contributed by atoms with van der Waals surface area (Å²) < 4.78 is 53.6. The van der Waals surface area contributed by atoms with E-state index in [4.69, 9.17) is 28.2 Å². The van der Waals surface area contributed by atoms with Gasteiger partial charge in [0, 0.05) is 28.7 Å². The highest BCUT2D eigenvalue weighted by Crippen LogP contribution is 2.40. The highest BCUT2D eigenvalue weighted by molar-refractivity contribution is 7.19. The Morgan fingerprint density at radius 3 is 2.13 bits per heavy atom. The fourth-order valence-corrected chi connectivity index (χ4v) is 6.02. The fourth-order valence-electron chi connectivity index (χ4n) is 4.77. The molecule has 1 N–H and O–H groups in total. The molecule has 3 aromatic carbocycles. The summed E-state index contributed by atoms with van der Waals surface area (Å²) >= 11 is 13.8. The van der Waals surface area contributed by atoms with Crippen molar-refractivity contribution in [1.82, 2.24) is 9.88 Å². The van der Waals surface area contributed by atoms with Gasteiger partial charge in [-0.1, -0.05) is 64.9 Å². The van der Waals surface area contributed by atoms with Crippen molar-refractivity contribution in [2.75, 3.05) is 25.0 Å². The molecule has 0 atom stereocenters. The lowest BCUT2D eigenvalue weighted by atomic mass is 9.96. The number of anilines is 1. The number of halogens is 6. The molecule has 0 spiro atoms. The predicted octanol–water partition coefficient (Wildman–Crippen LogP) is 9.27. The first-order valence-electron chi connectivity index (χ1n) is 12.5. The van der Waals surface area contributed by atoms with E-state index in [1.807, 2.05) is 53.4 Å². The fraction of sp³-hybridized carbons (Fsp3) is 0.276. The molecule has 2 heterocycles. The molecule has 39 heavy (non-hydrogen) atoms. The van der Waals surface area contributed by atoms with Gasteiger partial charge in [-0.15, -0.1) is 0 Å². The van der Waals surface area contributed by atoms with Crippen molar-refractivity contribution < 1.29 is 17.6 Å². The molecule has 1 aliphatic rings. The molecule has 204 valence electrons. The lowest BCUT2D eigenvalue weighted by Gasteiger charge is -2.32. The van der Waals surface area contributed by atoms with Gasteiger partial charge < -0.3 is 5.32 Å². The lowest BCUT2D eigenvalue weighted by molar-refractivity contribution is -0.138. The van der Waals surface area contributed by atoms with Crippen molar-refractivity contribution in [2.45, 2.75) is 25.6 Å². The molecule has 0 bridgehead atoms. The minimum Gasteiger partial charge on any atom is -0.361 e. The first-order chi connectivity index (χ1) is 18.7. The molecule has 0 radical (unpaired) electrons. The highest BCUT2D eigenvalue weighted by atomic mass is 35.5. The van der Waals surface area contributed by atoms with Gasteiger partial charge in [0.2, 0.25) is 0 Å². The molecular weight excluding hydrogens is 569 g/mol. The van der Waals surface area contributed by atoms with Crippen molar-refractivity contribution in [2.24, 2.45) is 5.92 Å². The molecule has 1 fully saturated rings. The van der Waals surface area contributed by atoms with E-state index in [9.17, 15) is 17.6 Å². The van der Waals surface area contributed by atoms with Crippen LogP contribution in [0.1, 0.15) is 24.0 Å². The second-order valence-electron chi connectivity index (χ2n) is 9.61. The number of nitrogens with zero attached hydrogens (tertiary/aromatic N) is 2. The van der Waals surface area contributed by atoms with Crippen LogP contribution in [0.15, 0.2) is 66.7 Å². The maximum absolute atomic E-state index is 13.4. The van der Waals surface area contributed by atoms with Crippen molar-refractivity contribution in [3.8, 4) is 21.7 Å². The van der Waals surface area contributed by atoms with Crippen molar-refractivity contribution in [3.05, 3.63) is 93.7 Å². The largest absolute Gasteiger partial charge is 0.416 e. The normalized spacial score (nSPS) is 15.0. The van der Waals surface area contributed by atoms with E-state index in [2.05, 4.69) is 5.32 Å². The van der Waals surface area contributed by atoms with Crippen LogP contribution in [-0.2, 0) is 12.7 Å². The number of rotatable bonds is 7. The molecule has 1 saturated heterocycles. The number of aromatic nitrogens is 1. The molecule has 0 saturated carbocycles. The Labute approximate surface area is 238 Å². The van der Waals surface area contributed by atoms with Crippen LogP contribution in [0.3, 0.4) is 0 Å². The van der Waals surface area contributed by atoms with E-state index in [1.165, 1.54) is 6.07 Å². The van der Waals surface area contributed by atoms with Crippen LogP contribution in [-0.4, -0.2) is 29.5 Å². The molecule has 3 nitrogen and oxygen atoms in total. The monoisotopic (exact) mass is 593 g/mol. The van der Waals surface area contributed by atoms with Crippen LogP contribution in [0.5, 0.6) is 0 Å². The van der Waals surface area contributed by atoms with E-state index in [-0.39, 0.29) is 12.1 Å². The molecule has 4 aromatic rings. The molecule has 0 amide bonds. The van der Waals surface area contributed by atoms with E-state index >= 15 is 0 Å². The van der Waals surface area contributed by atoms with Crippen LogP contribution >= 0.6 is 34.5 Å². The smallest absolute Gasteiger partial charge is 0.361 e. The van der Waals surface area contributed by atoms with E-state index < -0.39 is 17.6 Å². The second kappa shape index (κ2) is 11.8. The summed E-state index contributed by atoms with van der Waals surface area (Å²) in [7, 11) is 0. The quantitative estimate of drug-likeness (QED) is 0.216. The van der Waals surface area contributed by atoms with Crippen molar-refractivity contribution in [3.63, 3.8) is 0 Å². The average Bonchev–Trinajstić information content (AvgIpc) is 3.34. The molecule has 5 rings (SSSR count). The zero-order chi connectivity index (χ0) is 27.6. The van der Waals surface area contributed by atoms with Gasteiger partial charge in [-0.2, -0.15) is 13.2 Å². The summed E-state index contributed by atoms with van der Waals surface area (Å²) in [5, 5.41) is 5.60. The molecule has 1 aliphatic heterocycles. The van der Waals surface area contributed by atoms with Crippen LogP contribution < -0.4 is 5.32 Å². The van der Waals surface area contributed by atoms with Crippen molar-refractivity contribution >= 4 is 39.7 Å². The third-order valence-electron chi connectivity index (χ3n) is 6.87. The predicted molar refractivity (Wildman–Crippen MR) is 151 cm³/mol. The topological polar surface area (TPSA) is 28.2 Å². The standard InChI is InChI=1S/C29H25Cl2F4N3S/c30-22-6-1-19(2-7-22)26-27(20-3-8-23(31)9-4-20)39-28(37-26)36-16-18-11-13-38(14-12-18)17-21-5-10-24(32)15-25(21)29(33,34)35/h1-10,15,18H,11-14,16-17H2,(H,36,37). The van der Waals surface area contributed by atoms with Gasteiger partial charge in [0.15, 0.2) is 5.13 Å². The summed E-state index contributed by atoms with van der Waals surface area (Å²) in [5.74, 6) is -0.519. The Kier molecular flexibility index (Phi) is 8.47. The Balaban J connectivity index is 1.24.